The Labute approximate surface area is 103 Å². The fourth-order valence-corrected chi connectivity index (χ4v) is 2.86. The van der Waals surface area contributed by atoms with Gasteiger partial charge in [0.2, 0.25) is 0 Å². The van der Waals surface area contributed by atoms with E-state index in [2.05, 4.69) is 9.44 Å². The number of methoxy groups -OCH3 is 1. The molecule has 17 heavy (non-hydrogen) atoms. The molecule has 0 aliphatic heterocycles. The van der Waals surface area contributed by atoms with Gasteiger partial charge in [0.05, 0.1) is 12.2 Å². The summed E-state index contributed by atoms with van der Waals surface area (Å²) < 4.78 is 32.5. The topological polar surface area (TPSA) is 87.7 Å². The SMILES string of the molecule is COCCNS(=O)(=O)NCC1(O)CCCCC1. The average molecular weight is 266 g/mol. The van der Waals surface area contributed by atoms with E-state index >= 15 is 0 Å². The molecule has 7 heteroatoms. The van der Waals surface area contributed by atoms with Gasteiger partial charge in [-0.15, -0.1) is 0 Å². The van der Waals surface area contributed by atoms with Gasteiger partial charge < -0.3 is 9.84 Å². The number of hydrogen-bond acceptors (Lipinski definition) is 4. The first-order valence-corrected chi connectivity index (χ1v) is 7.41. The van der Waals surface area contributed by atoms with Crippen LogP contribution in [-0.4, -0.2) is 45.9 Å². The quantitative estimate of drug-likeness (QED) is 0.555. The molecular formula is C10H22N2O4S. The van der Waals surface area contributed by atoms with Gasteiger partial charge in [-0.1, -0.05) is 19.3 Å². The Kier molecular flexibility index (Phi) is 5.81. The minimum Gasteiger partial charge on any atom is -0.389 e. The Morgan fingerprint density at radius 2 is 1.88 bits per heavy atom. The summed E-state index contributed by atoms with van der Waals surface area (Å²) in [7, 11) is -2.02. The molecule has 0 heterocycles. The van der Waals surface area contributed by atoms with Crippen molar-refractivity contribution < 1.29 is 18.3 Å². The molecule has 3 N–H and O–H groups in total. The van der Waals surface area contributed by atoms with Gasteiger partial charge in [0.25, 0.3) is 10.2 Å². The van der Waals surface area contributed by atoms with E-state index in [1.807, 2.05) is 0 Å². The van der Waals surface area contributed by atoms with Gasteiger partial charge in [0.15, 0.2) is 0 Å². The van der Waals surface area contributed by atoms with Crippen LogP contribution in [-0.2, 0) is 14.9 Å². The Hall–Kier alpha value is -0.210. The molecule has 1 aliphatic rings. The van der Waals surface area contributed by atoms with Gasteiger partial charge in [-0.25, -0.2) is 0 Å². The third-order valence-electron chi connectivity index (χ3n) is 2.97. The van der Waals surface area contributed by atoms with E-state index in [9.17, 15) is 13.5 Å². The minimum atomic E-state index is -3.53. The van der Waals surface area contributed by atoms with Gasteiger partial charge in [-0.05, 0) is 12.8 Å². The maximum absolute atomic E-state index is 11.5. The molecule has 0 saturated heterocycles. The molecule has 0 aromatic rings. The Morgan fingerprint density at radius 3 is 2.47 bits per heavy atom. The lowest BCUT2D eigenvalue weighted by atomic mass is 9.85. The molecule has 0 unspecified atom stereocenters. The molecule has 0 atom stereocenters. The van der Waals surface area contributed by atoms with Crippen molar-refractivity contribution in [3.8, 4) is 0 Å². The van der Waals surface area contributed by atoms with E-state index in [1.165, 1.54) is 7.11 Å². The number of aliphatic hydroxyl groups is 1. The monoisotopic (exact) mass is 266 g/mol. The molecule has 1 saturated carbocycles. The maximum Gasteiger partial charge on any atom is 0.277 e. The largest absolute Gasteiger partial charge is 0.389 e. The van der Waals surface area contributed by atoms with Crippen LogP contribution in [0, 0.1) is 0 Å². The van der Waals surface area contributed by atoms with Crippen molar-refractivity contribution in [1.29, 1.82) is 0 Å². The predicted octanol–water partition coefficient (Wildman–Crippen LogP) is -0.248. The van der Waals surface area contributed by atoms with Crippen molar-refractivity contribution in [2.45, 2.75) is 37.7 Å². The van der Waals surface area contributed by atoms with E-state index in [-0.39, 0.29) is 13.1 Å². The summed E-state index contributed by atoms with van der Waals surface area (Å²) in [4.78, 5) is 0. The van der Waals surface area contributed by atoms with Crippen LogP contribution in [0.5, 0.6) is 0 Å². The van der Waals surface area contributed by atoms with Crippen molar-refractivity contribution in [3.05, 3.63) is 0 Å². The van der Waals surface area contributed by atoms with Crippen molar-refractivity contribution in [2.24, 2.45) is 0 Å². The molecule has 0 aromatic carbocycles. The number of hydrogen-bond donors (Lipinski definition) is 3. The highest BCUT2D eigenvalue weighted by atomic mass is 32.2. The summed E-state index contributed by atoms with van der Waals surface area (Å²) in [5, 5.41) is 10.1. The lowest BCUT2D eigenvalue weighted by Crippen LogP contribution is -2.48. The second-order valence-corrected chi connectivity index (χ2v) is 6.08. The van der Waals surface area contributed by atoms with E-state index in [0.29, 0.717) is 19.4 Å². The highest BCUT2D eigenvalue weighted by Crippen LogP contribution is 2.27. The van der Waals surface area contributed by atoms with E-state index in [1.54, 1.807) is 0 Å². The van der Waals surface area contributed by atoms with Crippen LogP contribution < -0.4 is 9.44 Å². The second-order valence-electron chi connectivity index (χ2n) is 4.50. The summed E-state index contributed by atoms with van der Waals surface area (Å²) in [5.74, 6) is 0. The fourth-order valence-electron chi connectivity index (χ4n) is 1.95. The molecule has 0 aromatic heterocycles. The molecule has 102 valence electrons. The van der Waals surface area contributed by atoms with Crippen molar-refractivity contribution in [1.82, 2.24) is 9.44 Å². The first-order chi connectivity index (χ1) is 7.97. The highest BCUT2D eigenvalue weighted by molar-refractivity contribution is 7.87. The lowest BCUT2D eigenvalue weighted by molar-refractivity contribution is 0.00938. The number of rotatable bonds is 7. The van der Waals surface area contributed by atoms with E-state index < -0.39 is 15.8 Å². The number of ether oxygens (including phenoxy) is 1. The van der Waals surface area contributed by atoms with E-state index in [4.69, 9.17) is 4.74 Å². The summed E-state index contributed by atoms with van der Waals surface area (Å²) in [6.45, 7) is 0.630. The summed E-state index contributed by atoms with van der Waals surface area (Å²) >= 11 is 0. The Balaban J connectivity index is 2.32. The zero-order valence-electron chi connectivity index (χ0n) is 10.2. The zero-order chi connectivity index (χ0) is 12.8. The van der Waals surface area contributed by atoms with Crippen LogP contribution in [0.2, 0.25) is 0 Å². The van der Waals surface area contributed by atoms with Crippen LogP contribution in [0.3, 0.4) is 0 Å². The molecule has 0 spiro atoms. The minimum absolute atomic E-state index is 0.0787. The second kappa shape index (κ2) is 6.65. The van der Waals surface area contributed by atoms with Crippen molar-refractivity contribution in [3.63, 3.8) is 0 Å². The summed E-state index contributed by atoms with van der Waals surface area (Å²) in [5.41, 5.74) is -0.881. The van der Waals surface area contributed by atoms with Gasteiger partial charge in [0, 0.05) is 20.2 Å². The molecule has 0 amide bonds. The molecule has 1 fully saturated rings. The van der Waals surface area contributed by atoms with Crippen LogP contribution in [0.25, 0.3) is 0 Å². The Morgan fingerprint density at radius 1 is 1.24 bits per heavy atom. The molecule has 0 radical (unpaired) electrons. The van der Waals surface area contributed by atoms with Crippen LogP contribution in [0.1, 0.15) is 32.1 Å². The first-order valence-electron chi connectivity index (χ1n) is 5.93. The zero-order valence-corrected chi connectivity index (χ0v) is 11.1. The van der Waals surface area contributed by atoms with Crippen LogP contribution >= 0.6 is 0 Å². The molecule has 0 bridgehead atoms. The predicted molar refractivity (Wildman–Crippen MR) is 64.8 cm³/mol. The van der Waals surface area contributed by atoms with Crippen molar-refractivity contribution in [2.75, 3.05) is 26.8 Å². The standard InChI is InChI=1S/C10H22N2O4S/c1-16-8-7-11-17(14,15)12-9-10(13)5-3-2-4-6-10/h11-13H,2-9H2,1H3. The first kappa shape index (κ1) is 14.8. The molecule has 6 nitrogen and oxygen atoms in total. The van der Waals surface area contributed by atoms with Gasteiger partial charge in [0.1, 0.15) is 0 Å². The van der Waals surface area contributed by atoms with Gasteiger partial charge in [-0.3, -0.25) is 0 Å². The summed E-state index contributed by atoms with van der Waals surface area (Å²) in [6, 6.07) is 0. The highest BCUT2D eigenvalue weighted by Gasteiger charge is 2.30. The fraction of sp³-hybridized carbons (Fsp3) is 1.00. The molecular weight excluding hydrogens is 244 g/mol. The third kappa shape index (κ3) is 5.78. The van der Waals surface area contributed by atoms with Crippen LogP contribution in [0.15, 0.2) is 0 Å². The van der Waals surface area contributed by atoms with Crippen LogP contribution in [0.4, 0.5) is 0 Å². The van der Waals surface area contributed by atoms with Gasteiger partial charge in [-0.2, -0.15) is 17.9 Å². The maximum atomic E-state index is 11.5. The van der Waals surface area contributed by atoms with Crippen molar-refractivity contribution >= 4 is 10.2 Å². The average Bonchev–Trinajstić information content (AvgIpc) is 2.28. The number of nitrogens with one attached hydrogen (secondary N) is 2. The Bertz CT molecular complexity index is 312. The lowest BCUT2D eigenvalue weighted by Gasteiger charge is -2.31. The van der Waals surface area contributed by atoms with Gasteiger partial charge >= 0.3 is 0 Å². The van der Waals surface area contributed by atoms with E-state index in [0.717, 1.165) is 19.3 Å². The molecule has 1 aliphatic carbocycles. The smallest absolute Gasteiger partial charge is 0.277 e. The molecule has 1 rings (SSSR count). The summed E-state index contributed by atoms with van der Waals surface area (Å²) in [6.07, 6.45) is 4.34. The normalized spacial score (nSPS) is 20.4. The third-order valence-corrected chi connectivity index (χ3v) is 4.08.